The first-order valence-corrected chi connectivity index (χ1v) is 14.9. The highest BCUT2D eigenvalue weighted by atomic mass is 32.2. The summed E-state index contributed by atoms with van der Waals surface area (Å²) in [6, 6.07) is 21.5. The van der Waals surface area contributed by atoms with Crippen LogP contribution in [0.15, 0.2) is 82.6 Å². The van der Waals surface area contributed by atoms with Crippen molar-refractivity contribution in [2.45, 2.75) is 29.7 Å². The number of thiazole rings is 1. The van der Waals surface area contributed by atoms with Gasteiger partial charge in [-0.15, -0.1) is 0 Å². The number of fused-ring (bicyclic) bond motifs is 2. The summed E-state index contributed by atoms with van der Waals surface area (Å²) in [5.74, 6) is -1.10. The zero-order valence-corrected chi connectivity index (χ0v) is 24.7. The van der Waals surface area contributed by atoms with Crippen LogP contribution >= 0.6 is 23.1 Å². The van der Waals surface area contributed by atoms with Crippen LogP contribution in [0.5, 0.6) is 11.5 Å². The van der Waals surface area contributed by atoms with Gasteiger partial charge in [-0.1, -0.05) is 47.4 Å². The number of hydrogen-bond donors (Lipinski definition) is 1. The standard InChI is InChI=1S/C31H27N3O6S2/c1-17-5-4-6-19(15-17)32-23(35)16-33-30-27(42-31(33)38)24(18-7-11-21(39-2)12-8-18)25-26(41-30)29(37)34(28(25)36)20-9-13-22(40-3)14-10-20/h4-15,24-26H,16H2,1-3H3,(H,32,35). The lowest BCUT2D eigenvalue weighted by Gasteiger charge is -2.30. The average molecular weight is 602 g/mol. The van der Waals surface area contributed by atoms with Crippen LogP contribution in [0.4, 0.5) is 11.4 Å². The molecule has 0 bridgehead atoms. The highest BCUT2D eigenvalue weighted by Crippen LogP contribution is 2.54. The second kappa shape index (κ2) is 11.1. The van der Waals surface area contributed by atoms with E-state index in [1.54, 1.807) is 56.7 Å². The Kier molecular flexibility index (Phi) is 7.38. The number of ether oxygens (including phenoxy) is 2. The molecule has 2 aliphatic heterocycles. The van der Waals surface area contributed by atoms with Crippen LogP contribution in [0.3, 0.4) is 0 Å². The van der Waals surface area contributed by atoms with E-state index in [2.05, 4.69) is 5.32 Å². The van der Waals surface area contributed by atoms with Crippen molar-refractivity contribution in [3.63, 3.8) is 0 Å². The third-order valence-corrected chi connectivity index (χ3v) is 10.1. The number of nitrogens with one attached hydrogen (secondary N) is 1. The van der Waals surface area contributed by atoms with Gasteiger partial charge in [0.15, 0.2) is 0 Å². The quantitative estimate of drug-likeness (QED) is 0.307. The molecule has 3 unspecified atom stereocenters. The molecule has 1 N–H and O–H groups in total. The van der Waals surface area contributed by atoms with Gasteiger partial charge in [0.05, 0.1) is 30.9 Å². The fourth-order valence-corrected chi connectivity index (χ4v) is 8.25. The maximum Gasteiger partial charge on any atom is 0.308 e. The number of amides is 3. The smallest absolute Gasteiger partial charge is 0.308 e. The molecular weight excluding hydrogens is 574 g/mol. The first-order valence-electron chi connectivity index (χ1n) is 13.2. The van der Waals surface area contributed by atoms with Crippen molar-refractivity contribution in [2.75, 3.05) is 24.4 Å². The molecule has 4 aromatic rings. The van der Waals surface area contributed by atoms with Crippen molar-refractivity contribution in [3.05, 3.63) is 98.5 Å². The number of carbonyl (C=O) groups excluding carboxylic acids is 3. The number of imide groups is 1. The van der Waals surface area contributed by atoms with E-state index in [-0.39, 0.29) is 29.1 Å². The average Bonchev–Trinajstić information content (AvgIpc) is 3.43. The van der Waals surface area contributed by atoms with Crippen molar-refractivity contribution < 1.29 is 23.9 Å². The predicted molar refractivity (Wildman–Crippen MR) is 162 cm³/mol. The maximum atomic E-state index is 14.0. The lowest BCUT2D eigenvalue weighted by Crippen LogP contribution is -2.33. The third-order valence-electron chi connectivity index (χ3n) is 7.46. The molecule has 0 spiro atoms. The second-order valence-corrected chi connectivity index (χ2v) is 12.2. The largest absolute Gasteiger partial charge is 0.497 e. The van der Waals surface area contributed by atoms with Crippen molar-refractivity contribution in [2.24, 2.45) is 5.92 Å². The molecule has 214 valence electrons. The summed E-state index contributed by atoms with van der Waals surface area (Å²) >= 11 is 2.19. The van der Waals surface area contributed by atoms with Gasteiger partial charge in [0.2, 0.25) is 17.7 Å². The molecule has 1 aromatic heterocycles. The van der Waals surface area contributed by atoms with E-state index in [0.717, 1.165) is 22.5 Å². The summed E-state index contributed by atoms with van der Waals surface area (Å²) in [5, 5.41) is 2.61. The number of aryl methyl sites for hydroxylation is 1. The number of methoxy groups -OCH3 is 2. The Bertz CT molecular complexity index is 1750. The van der Waals surface area contributed by atoms with Gasteiger partial charge in [-0.2, -0.15) is 0 Å². The minimum absolute atomic E-state index is 0.220. The Labute approximate surface area is 250 Å². The Morgan fingerprint density at radius 1 is 0.905 bits per heavy atom. The van der Waals surface area contributed by atoms with Crippen LogP contribution in [0.25, 0.3) is 0 Å². The fraction of sp³-hybridized carbons (Fsp3) is 0.226. The number of rotatable bonds is 7. The van der Waals surface area contributed by atoms with Crippen molar-refractivity contribution in [3.8, 4) is 11.5 Å². The Hall–Kier alpha value is -4.35. The number of carbonyl (C=O) groups is 3. The zero-order chi connectivity index (χ0) is 29.5. The molecular formula is C31H27N3O6S2. The van der Waals surface area contributed by atoms with E-state index in [9.17, 15) is 19.2 Å². The van der Waals surface area contributed by atoms with Gasteiger partial charge in [-0.3, -0.25) is 23.7 Å². The zero-order valence-electron chi connectivity index (χ0n) is 23.0. The summed E-state index contributed by atoms with van der Waals surface area (Å²) in [4.78, 5) is 55.8. The minimum atomic E-state index is -0.778. The van der Waals surface area contributed by atoms with E-state index in [1.165, 1.54) is 21.2 Å². The lowest BCUT2D eigenvalue weighted by atomic mass is 9.83. The number of hydrogen-bond acceptors (Lipinski definition) is 8. The molecule has 3 aromatic carbocycles. The molecule has 6 rings (SSSR count). The lowest BCUT2D eigenvalue weighted by molar-refractivity contribution is -0.122. The molecule has 9 nitrogen and oxygen atoms in total. The third kappa shape index (κ3) is 4.88. The minimum Gasteiger partial charge on any atom is -0.497 e. The molecule has 0 radical (unpaired) electrons. The van der Waals surface area contributed by atoms with Gasteiger partial charge in [-0.05, 0) is 66.6 Å². The Morgan fingerprint density at radius 2 is 1.57 bits per heavy atom. The van der Waals surface area contributed by atoms with Gasteiger partial charge < -0.3 is 14.8 Å². The van der Waals surface area contributed by atoms with Gasteiger partial charge in [0.1, 0.15) is 23.3 Å². The molecule has 3 amide bonds. The van der Waals surface area contributed by atoms with E-state index in [4.69, 9.17) is 9.47 Å². The van der Waals surface area contributed by atoms with Gasteiger partial charge in [0, 0.05) is 16.5 Å². The molecule has 3 heterocycles. The molecule has 1 fully saturated rings. The van der Waals surface area contributed by atoms with Crippen molar-refractivity contribution in [1.29, 1.82) is 0 Å². The predicted octanol–water partition coefficient (Wildman–Crippen LogP) is 4.67. The number of benzene rings is 3. The summed E-state index contributed by atoms with van der Waals surface area (Å²) in [7, 11) is 3.12. The molecule has 42 heavy (non-hydrogen) atoms. The van der Waals surface area contributed by atoms with Crippen LogP contribution in [0, 0.1) is 12.8 Å². The molecule has 0 saturated carbocycles. The van der Waals surface area contributed by atoms with Crippen molar-refractivity contribution in [1.82, 2.24) is 4.57 Å². The summed E-state index contributed by atoms with van der Waals surface area (Å²) in [5.41, 5.74) is 2.86. The van der Waals surface area contributed by atoms with Crippen molar-refractivity contribution >= 4 is 52.2 Å². The topological polar surface area (TPSA) is 107 Å². The first-order chi connectivity index (χ1) is 20.3. The molecule has 1 saturated heterocycles. The fourth-order valence-electron chi connectivity index (χ4n) is 5.48. The normalized spacial score (nSPS) is 19.3. The highest BCUT2D eigenvalue weighted by molar-refractivity contribution is 8.00. The van der Waals surface area contributed by atoms with E-state index >= 15 is 0 Å². The summed E-state index contributed by atoms with van der Waals surface area (Å²) in [6.45, 7) is 1.71. The number of anilines is 2. The van der Waals surface area contributed by atoms with E-state index in [1.807, 2.05) is 37.3 Å². The summed E-state index contributed by atoms with van der Waals surface area (Å²) in [6.07, 6.45) is 0. The van der Waals surface area contributed by atoms with Crippen LogP contribution in [-0.4, -0.2) is 41.8 Å². The van der Waals surface area contributed by atoms with Crippen LogP contribution in [0.2, 0.25) is 0 Å². The highest BCUT2D eigenvalue weighted by Gasteiger charge is 2.56. The van der Waals surface area contributed by atoms with Gasteiger partial charge in [0.25, 0.3) is 0 Å². The molecule has 3 atom stereocenters. The molecule has 11 heteroatoms. The first kappa shape index (κ1) is 27.8. The number of thioether (sulfide) groups is 1. The van der Waals surface area contributed by atoms with E-state index < -0.39 is 17.1 Å². The van der Waals surface area contributed by atoms with Crippen LogP contribution in [0.1, 0.15) is 21.9 Å². The monoisotopic (exact) mass is 601 g/mol. The maximum absolute atomic E-state index is 14.0. The van der Waals surface area contributed by atoms with Crippen LogP contribution in [-0.2, 0) is 20.9 Å². The Balaban J connectivity index is 1.40. The second-order valence-electron chi connectivity index (χ2n) is 10.1. The van der Waals surface area contributed by atoms with Gasteiger partial charge in [-0.25, -0.2) is 4.90 Å². The SMILES string of the molecule is COc1ccc(C2c3sc(=O)n(CC(=O)Nc4cccc(C)c4)c3SC3C(=O)N(c4ccc(OC)cc4)C(=O)C32)cc1. The summed E-state index contributed by atoms with van der Waals surface area (Å²) < 4.78 is 12.0. The van der Waals surface area contributed by atoms with Gasteiger partial charge >= 0.3 is 4.87 Å². The van der Waals surface area contributed by atoms with Crippen LogP contribution < -0.4 is 24.6 Å². The van der Waals surface area contributed by atoms with E-state index in [0.29, 0.717) is 32.8 Å². The molecule has 0 aliphatic carbocycles. The number of aromatic nitrogens is 1. The number of nitrogens with zero attached hydrogens (tertiary/aromatic N) is 2. The Morgan fingerprint density at radius 3 is 2.21 bits per heavy atom. The molecule has 2 aliphatic rings.